The van der Waals surface area contributed by atoms with Crippen molar-refractivity contribution in [2.24, 2.45) is 11.8 Å². The lowest BCUT2D eigenvalue weighted by Gasteiger charge is -2.33. The maximum absolute atomic E-state index is 16.1. The maximum atomic E-state index is 16.1. The third kappa shape index (κ3) is 5.09. The molecule has 0 aliphatic carbocycles. The summed E-state index contributed by atoms with van der Waals surface area (Å²) < 4.78 is 28.5. The molecule has 7 rings (SSSR count). The van der Waals surface area contributed by atoms with Crippen LogP contribution in [0.5, 0.6) is 5.75 Å². The summed E-state index contributed by atoms with van der Waals surface area (Å²) in [6.07, 6.45) is 0.605. The molecular formula is C37H40FN3O6. The number of aliphatic hydroxyl groups is 1. The third-order valence-corrected chi connectivity index (χ3v) is 10.4. The Bertz CT molecular complexity index is 1720. The molecule has 3 amide bonds. The minimum atomic E-state index is -1.74. The van der Waals surface area contributed by atoms with Gasteiger partial charge in [-0.1, -0.05) is 49.4 Å². The summed E-state index contributed by atoms with van der Waals surface area (Å²) in [5.41, 5.74) is 0.207. The van der Waals surface area contributed by atoms with E-state index in [-0.39, 0.29) is 49.9 Å². The van der Waals surface area contributed by atoms with E-state index in [4.69, 9.17) is 9.47 Å². The normalized spacial score (nSPS) is 27.0. The van der Waals surface area contributed by atoms with Crippen LogP contribution in [-0.2, 0) is 31.3 Å². The fourth-order valence-electron chi connectivity index (χ4n) is 8.36. The molecule has 0 bridgehead atoms. The molecule has 0 radical (unpaired) electrons. The Balaban J connectivity index is 1.21. The molecule has 4 heterocycles. The van der Waals surface area contributed by atoms with Crippen molar-refractivity contribution in [2.45, 2.75) is 70.0 Å². The largest absolute Gasteiger partial charge is 0.482 e. The van der Waals surface area contributed by atoms with Crippen molar-refractivity contribution in [2.75, 3.05) is 29.6 Å². The van der Waals surface area contributed by atoms with Gasteiger partial charge >= 0.3 is 0 Å². The van der Waals surface area contributed by atoms with Crippen LogP contribution in [0.3, 0.4) is 0 Å². The second kappa shape index (κ2) is 11.8. The Morgan fingerprint density at radius 1 is 1.04 bits per heavy atom. The smallest absolute Gasteiger partial charge is 0.269 e. The molecule has 0 aromatic heterocycles. The summed E-state index contributed by atoms with van der Waals surface area (Å²) in [6, 6.07) is 22.0. The lowest BCUT2D eigenvalue weighted by molar-refractivity contribution is -0.150. The first-order valence-electron chi connectivity index (χ1n) is 16.4. The predicted molar refractivity (Wildman–Crippen MR) is 174 cm³/mol. The number of alkyl halides is 1. The van der Waals surface area contributed by atoms with Crippen molar-refractivity contribution in [3.63, 3.8) is 0 Å². The second-order valence-corrected chi connectivity index (χ2v) is 13.6. The van der Waals surface area contributed by atoms with Crippen LogP contribution in [0.2, 0.25) is 0 Å². The molecule has 2 fully saturated rings. The number of carbonyl (C=O) groups is 3. The second-order valence-electron chi connectivity index (χ2n) is 13.6. The van der Waals surface area contributed by atoms with Gasteiger partial charge in [0.1, 0.15) is 11.4 Å². The molecule has 47 heavy (non-hydrogen) atoms. The van der Waals surface area contributed by atoms with Gasteiger partial charge in [-0.3, -0.25) is 19.3 Å². The number of ether oxygens (including phenoxy) is 2. The topological polar surface area (TPSA) is 99.6 Å². The molecule has 4 aliphatic heterocycles. The fraction of sp³-hybridized carbons (Fsp3) is 0.432. The number of likely N-dealkylation sites (tertiary alicyclic amines) is 1. The number of anilines is 3. The molecule has 0 unspecified atom stereocenters. The van der Waals surface area contributed by atoms with Crippen LogP contribution in [0.25, 0.3) is 0 Å². The number of amides is 3. The van der Waals surface area contributed by atoms with Crippen molar-refractivity contribution in [1.29, 1.82) is 0 Å². The average molecular weight is 642 g/mol. The summed E-state index contributed by atoms with van der Waals surface area (Å²) in [5, 5.41) is 9.82. The Morgan fingerprint density at radius 3 is 2.55 bits per heavy atom. The number of rotatable bonds is 7. The Labute approximate surface area is 273 Å². The monoisotopic (exact) mass is 641 g/mol. The van der Waals surface area contributed by atoms with Crippen LogP contribution in [0.15, 0.2) is 72.8 Å². The molecule has 1 spiro atoms. The first-order valence-corrected chi connectivity index (χ1v) is 16.4. The molecule has 0 saturated carbocycles. The van der Waals surface area contributed by atoms with Gasteiger partial charge in [0.15, 0.2) is 12.2 Å². The Morgan fingerprint density at radius 2 is 1.79 bits per heavy atom. The van der Waals surface area contributed by atoms with Crippen LogP contribution < -0.4 is 14.5 Å². The molecule has 4 aliphatic rings. The van der Waals surface area contributed by atoms with Gasteiger partial charge in [-0.2, -0.15) is 0 Å². The molecule has 10 heteroatoms. The number of fused-ring (bicyclic) bond motifs is 3. The fourth-order valence-corrected chi connectivity index (χ4v) is 8.36. The molecule has 3 aromatic rings. The maximum Gasteiger partial charge on any atom is 0.269 e. The van der Waals surface area contributed by atoms with E-state index in [9.17, 15) is 19.5 Å². The number of benzene rings is 3. The summed E-state index contributed by atoms with van der Waals surface area (Å²) >= 11 is 0. The zero-order valence-electron chi connectivity index (χ0n) is 26.9. The lowest BCUT2D eigenvalue weighted by atomic mass is 9.71. The SMILES string of the molecule is C[C@H]1[C@H](C(C)(C)F)[C@@H](CC(=O)N2CCC[C@H]2CO)O[C@]12C(=O)N(Cc1cccc(N3C(=O)COc4ccccc43)c1)c1ccccc12. The van der Waals surface area contributed by atoms with Gasteiger partial charge < -0.3 is 24.4 Å². The minimum absolute atomic E-state index is 0.0762. The van der Waals surface area contributed by atoms with E-state index in [1.54, 1.807) is 14.7 Å². The summed E-state index contributed by atoms with van der Waals surface area (Å²) in [5.74, 6) is -1.41. The van der Waals surface area contributed by atoms with Gasteiger partial charge in [0.05, 0.1) is 43.1 Å². The highest BCUT2D eigenvalue weighted by molar-refractivity contribution is 6.08. The number of aliphatic hydroxyl groups excluding tert-OH is 1. The van der Waals surface area contributed by atoms with Crippen molar-refractivity contribution < 1.29 is 33.4 Å². The van der Waals surface area contributed by atoms with Crippen molar-refractivity contribution in [3.05, 3.63) is 83.9 Å². The average Bonchev–Trinajstić information content (AvgIpc) is 3.71. The van der Waals surface area contributed by atoms with E-state index in [0.29, 0.717) is 34.9 Å². The molecule has 5 atom stereocenters. The minimum Gasteiger partial charge on any atom is -0.482 e. The third-order valence-electron chi connectivity index (χ3n) is 10.4. The zero-order valence-corrected chi connectivity index (χ0v) is 26.9. The highest BCUT2D eigenvalue weighted by Crippen LogP contribution is 2.58. The molecule has 246 valence electrons. The first kappa shape index (κ1) is 31.3. The number of carbonyl (C=O) groups excluding carboxylic acids is 3. The van der Waals surface area contributed by atoms with Gasteiger partial charge in [-0.05, 0) is 62.6 Å². The van der Waals surface area contributed by atoms with Crippen LogP contribution >= 0.6 is 0 Å². The first-order chi connectivity index (χ1) is 22.5. The number of hydrogen-bond acceptors (Lipinski definition) is 6. The molecule has 9 nitrogen and oxygen atoms in total. The van der Waals surface area contributed by atoms with Crippen molar-refractivity contribution in [3.8, 4) is 5.75 Å². The number of halogens is 1. The Hall–Kier alpha value is -4.28. The number of hydrogen-bond donors (Lipinski definition) is 1. The van der Waals surface area contributed by atoms with E-state index in [1.165, 1.54) is 13.8 Å². The summed E-state index contributed by atoms with van der Waals surface area (Å²) in [4.78, 5) is 46.3. The Kier molecular flexibility index (Phi) is 7.83. The summed E-state index contributed by atoms with van der Waals surface area (Å²) in [6.45, 7) is 5.36. The highest BCUT2D eigenvalue weighted by atomic mass is 19.1. The van der Waals surface area contributed by atoms with E-state index in [2.05, 4.69) is 0 Å². The van der Waals surface area contributed by atoms with Gasteiger partial charge in [0.2, 0.25) is 5.91 Å². The lowest BCUT2D eigenvalue weighted by Crippen LogP contribution is -2.45. The quantitative estimate of drug-likeness (QED) is 0.378. The van der Waals surface area contributed by atoms with Gasteiger partial charge in [-0.15, -0.1) is 0 Å². The zero-order chi connectivity index (χ0) is 33.1. The van der Waals surface area contributed by atoms with Crippen molar-refractivity contribution in [1.82, 2.24) is 4.90 Å². The van der Waals surface area contributed by atoms with E-state index < -0.39 is 29.2 Å². The number of nitrogens with zero attached hydrogens (tertiary/aromatic N) is 3. The summed E-state index contributed by atoms with van der Waals surface area (Å²) in [7, 11) is 0. The van der Waals surface area contributed by atoms with Crippen LogP contribution in [0.4, 0.5) is 21.5 Å². The molecule has 2 saturated heterocycles. The molecule has 3 aromatic carbocycles. The van der Waals surface area contributed by atoms with Gasteiger partial charge in [-0.25, -0.2) is 4.39 Å². The van der Waals surface area contributed by atoms with Crippen LogP contribution in [0.1, 0.15) is 51.2 Å². The highest BCUT2D eigenvalue weighted by Gasteiger charge is 2.66. The van der Waals surface area contributed by atoms with E-state index >= 15 is 4.39 Å². The van der Waals surface area contributed by atoms with E-state index in [0.717, 1.165) is 18.4 Å². The molecule has 1 N–H and O–H groups in total. The van der Waals surface area contributed by atoms with Gasteiger partial charge in [0, 0.05) is 29.6 Å². The number of para-hydroxylation sites is 3. The molecular weight excluding hydrogens is 601 g/mol. The van der Waals surface area contributed by atoms with Gasteiger partial charge in [0.25, 0.3) is 11.8 Å². The van der Waals surface area contributed by atoms with Crippen LogP contribution in [0, 0.1) is 11.8 Å². The van der Waals surface area contributed by atoms with Crippen LogP contribution in [-0.4, -0.2) is 65.3 Å². The predicted octanol–water partition coefficient (Wildman–Crippen LogP) is 5.26. The standard InChI is InChI=1S/C37H40FN3O6/c1-23-34(36(2,3)38)31(19-32(43)39-17-9-12-26(39)21-42)47-37(23)27-13-4-5-14-28(27)40(35(37)45)20-24-10-8-11-25(18-24)41-29-15-6-7-16-30(29)46-22-33(41)44/h4-8,10-11,13-16,18,23,26,31,34,42H,9,12,17,19-22H2,1-3H3/t23-,26-,31+,34-,37+/m0/s1. The van der Waals surface area contributed by atoms with E-state index in [1.807, 2.05) is 79.7 Å². The van der Waals surface area contributed by atoms with Crippen molar-refractivity contribution >= 4 is 34.8 Å².